The summed E-state index contributed by atoms with van der Waals surface area (Å²) in [5.41, 5.74) is 0.439. The highest BCUT2D eigenvalue weighted by molar-refractivity contribution is 5.85. The SMILES string of the molecule is Cl.O=C(C1CNCCO1)N1CCCC2(CCCCC2)C1. The van der Waals surface area contributed by atoms with Crippen LogP contribution in [0.2, 0.25) is 0 Å². The number of piperidine rings is 1. The number of likely N-dealkylation sites (tertiary alicyclic amines) is 1. The number of halogens is 1. The van der Waals surface area contributed by atoms with Gasteiger partial charge in [0.1, 0.15) is 6.10 Å². The maximum absolute atomic E-state index is 12.5. The van der Waals surface area contributed by atoms with Gasteiger partial charge in [-0.25, -0.2) is 0 Å². The molecule has 1 N–H and O–H groups in total. The summed E-state index contributed by atoms with van der Waals surface area (Å²) in [7, 11) is 0. The molecule has 20 heavy (non-hydrogen) atoms. The molecule has 0 aromatic heterocycles. The number of nitrogens with one attached hydrogen (secondary N) is 1. The van der Waals surface area contributed by atoms with Gasteiger partial charge in [0.2, 0.25) is 0 Å². The molecule has 1 saturated carbocycles. The van der Waals surface area contributed by atoms with E-state index in [1.54, 1.807) is 0 Å². The third-order valence-electron chi connectivity index (χ3n) is 5.09. The minimum absolute atomic E-state index is 0. The smallest absolute Gasteiger partial charge is 0.253 e. The van der Waals surface area contributed by atoms with E-state index in [-0.39, 0.29) is 24.4 Å². The fourth-order valence-electron chi connectivity index (χ4n) is 4.03. The van der Waals surface area contributed by atoms with Crippen LogP contribution in [0.4, 0.5) is 0 Å². The third-order valence-corrected chi connectivity index (χ3v) is 5.09. The Morgan fingerprint density at radius 1 is 1.15 bits per heavy atom. The van der Waals surface area contributed by atoms with Crippen molar-refractivity contribution < 1.29 is 9.53 Å². The number of hydrogen-bond donors (Lipinski definition) is 1. The summed E-state index contributed by atoms with van der Waals surface area (Å²) in [6.07, 6.45) is 8.97. The summed E-state index contributed by atoms with van der Waals surface area (Å²) in [6.45, 7) is 4.12. The van der Waals surface area contributed by atoms with E-state index < -0.39 is 0 Å². The van der Waals surface area contributed by atoms with E-state index in [1.165, 1.54) is 44.9 Å². The Morgan fingerprint density at radius 3 is 2.60 bits per heavy atom. The molecule has 1 unspecified atom stereocenters. The Bertz CT molecular complexity index is 320. The molecule has 0 radical (unpaired) electrons. The third kappa shape index (κ3) is 3.46. The standard InChI is InChI=1S/C15H26N2O2.ClH/c18-14(13-11-16-8-10-19-13)17-9-4-7-15(12-17)5-2-1-3-6-15;/h13,16H,1-12H2;1H. The van der Waals surface area contributed by atoms with Gasteiger partial charge in [0.05, 0.1) is 6.61 Å². The maximum Gasteiger partial charge on any atom is 0.253 e. The van der Waals surface area contributed by atoms with Crippen molar-refractivity contribution in [2.45, 2.75) is 51.0 Å². The Balaban J connectivity index is 0.00000147. The zero-order chi connectivity index (χ0) is 13.1. The van der Waals surface area contributed by atoms with Crippen molar-refractivity contribution >= 4 is 18.3 Å². The van der Waals surface area contributed by atoms with E-state index in [9.17, 15) is 4.79 Å². The summed E-state index contributed by atoms with van der Waals surface area (Å²) in [5.74, 6) is 0.219. The van der Waals surface area contributed by atoms with Gasteiger partial charge in [0.15, 0.2) is 0 Å². The van der Waals surface area contributed by atoms with Gasteiger partial charge in [-0.2, -0.15) is 0 Å². The van der Waals surface area contributed by atoms with Crippen LogP contribution < -0.4 is 5.32 Å². The summed E-state index contributed by atoms with van der Waals surface area (Å²) < 4.78 is 5.62. The highest BCUT2D eigenvalue weighted by Gasteiger charge is 2.39. The summed E-state index contributed by atoms with van der Waals surface area (Å²) in [4.78, 5) is 14.6. The molecule has 1 atom stereocenters. The largest absolute Gasteiger partial charge is 0.366 e. The molecule has 1 aliphatic carbocycles. The van der Waals surface area contributed by atoms with Crippen molar-refractivity contribution in [1.29, 1.82) is 0 Å². The number of rotatable bonds is 1. The molecule has 4 nitrogen and oxygen atoms in total. The first-order valence-corrected chi connectivity index (χ1v) is 7.90. The molecule has 2 heterocycles. The van der Waals surface area contributed by atoms with Crippen LogP contribution in [0.15, 0.2) is 0 Å². The number of morpholine rings is 1. The van der Waals surface area contributed by atoms with Gasteiger partial charge in [-0.05, 0) is 31.1 Å². The summed E-state index contributed by atoms with van der Waals surface area (Å²) >= 11 is 0. The lowest BCUT2D eigenvalue weighted by molar-refractivity contribution is -0.149. The minimum atomic E-state index is -0.243. The van der Waals surface area contributed by atoms with Gasteiger partial charge in [-0.3, -0.25) is 4.79 Å². The Hall–Kier alpha value is -0.320. The predicted molar refractivity (Wildman–Crippen MR) is 81.2 cm³/mol. The van der Waals surface area contributed by atoms with Gasteiger partial charge in [0.25, 0.3) is 5.91 Å². The molecule has 3 fully saturated rings. The van der Waals surface area contributed by atoms with E-state index in [1.807, 2.05) is 0 Å². The molecule has 1 amide bonds. The van der Waals surface area contributed by atoms with E-state index in [0.29, 0.717) is 18.6 Å². The molecule has 0 aromatic carbocycles. The van der Waals surface area contributed by atoms with Gasteiger partial charge in [-0.1, -0.05) is 19.3 Å². The van der Waals surface area contributed by atoms with Gasteiger partial charge >= 0.3 is 0 Å². The molecule has 1 spiro atoms. The second kappa shape index (κ2) is 7.10. The van der Waals surface area contributed by atoms with Gasteiger partial charge in [-0.15, -0.1) is 12.4 Å². The first-order chi connectivity index (χ1) is 9.29. The number of hydrogen-bond acceptors (Lipinski definition) is 3. The molecule has 3 aliphatic rings. The minimum Gasteiger partial charge on any atom is -0.366 e. The highest BCUT2D eigenvalue weighted by atomic mass is 35.5. The van der Waals surface area contributed by atoms with Gasteiger partial charge in [0, 0.05) is 26.2 Å². The van der Waals surface area contributed by atoms with E-state index >= 15 is 0 Å². The van der Waals surface area contributed by atoms with Crippen LogP contribution >= 0.6 is 12.4 Å². The quantitative estimate of drug-likeness (QED) is 0.805. The van der Waals surface area contributed by atoms with Crippen molar-refractivity contribution in [2.75, 3.05) is 32.8 Å². The lowest BCUT2D eigenvalue weighted by Gasteiger charge is -2.46. The normalized spacial score (nSPS) is 29.8. The van der Waals surface area contributed by atoms with Crippen LogP contribution in [0.1, 0.15) is 44.9 Å². The zero-order valence-electron chi connectivity index (χ0n) is 12.2. The number of carbonyl (C=O) groups is 1. The van der Waals surface area contributed by atoms with Crippen LogP contribution in [0, 0.1) is 5.41 Å². The van der Waals surface area contributed by atoms with Crippen LogP contribution in [-0.2, 0) is 9.53 Å². The molecule has 0 bridgehead atoms. The number of amides is 1. The van der Waals surface area contributed by atoms with Crippen LogP contribution in [0.5, 0.6) is 0 Å². The maximum atomic E-state index is 12.5. The first kappa shape index (κ1) is 16.1. The lowest BCUT2D eigenvalue weighted by atomic mass is 9.69. The molecule has 2 saturated heterocycles. The summed E-state index contributed by atoms with van der Waals surface area (Å²) in [5, 5.41) is 3.25. The Labute approximate surface area is 128 Å². The molecular weight excluding hydrogens is 276 g/mol. The second-order valence-corrected chi connectivity index (χ2v) is 6.49. The van der Waals surface area contributed by atoms with E-state index in [0.717, 1.165) is 19.6 Å². The molecular formula is C15H27ClN2O2. The monoisotopic (exact) mass is 302 g/mol. The molecule has 0 aromatic rings. The molecule has 3 rings (SSSR count). The van der Waals surface area contributed by atoms with Crippen LogP contribution in [-0.4, -0.2) is 49.7 Å². The van der Waals surface area contributed by atoms with Crippen molar-refractivity contribution in [3.05, 3.63) is 0 Å². The fourth-order valence-corrected chi connectivity index (χ4v) is 4.03. The number of nitrogens with zero attached hydrogens (tertiary/aromatic N) is 1. The Kier molecular flexibility index (Phi) is 5.70. The van der Waals surface area contributed by atoms with E-state index in [4.69, 9.17) is 4.74 Å². The van der Waals surface area contributed by atoms with Crippen molar-refractivity contribution in [2.24, 2.45) is 5.41 Å². The molecule has 5 heteroatoms. The average Bonchev–Trinajstić information content (AvgIpc) is 2.48. The van der Waals surface area contributed by atoms with Crippen molar-refractivity contribution in [3.8, 4) is 0 Å². The zero-order valence-corrected chi connectivity index (χ0v) is 13.1. The molecule has 116 valence electrons. The second-order valence-electron chi connectivity index (χ2n) is 6.49. The fraction of sp³-hybridized carbons (Fsp3) is 0.933. The number of carbonyl (C=O) groups excluding carboxylic acids is 1. The predicted octanol–water partition coefficient (Wildman–Crippen LogP) is 1.97. The topological polar surface area (TPSA) is 41.6 Å². The lowest BCUT2D eigenvalue weighted by Crippen LogP contribution is -2.54. The average molecular weight is 303 g/mol. The van der Waals surface area contributed by atoms with Crippen molar-refractivity contribution in [3.63, 3.8) is 0 Å². The summed E-state index contributed by atoms with van der Waals surface area (Å²) in [6, 6.07) is 0. The Morgan fingerprint density at radius 2 is 1.90 bits per heavy atom. The number of ether oxygens (including phenoxy) is 1. The first-order valence-electron chi connectivity index (χ1n) is 7.90. The van der Waals surface area contributed by atoms with Crippen LogP contribution in [0.3, 0.4) is 0 Å². The van der Waals surface area contributed by atoms with Crippen molar-refractivity contribution in [1.82, 2.24) is 10.2 Å². The van der Waals surface area contributed by atoms with E-state index in [2.05, 4.69) is 10.2 Å². The van der Waals surface area contributed by atoms with Crippen LogP contribution in [0.25, 0.3) is 0 Å². The molecule has 2 aliphatic heterocycles. The highest BCUT2D eigenvalue weighted by Crippen LogP contribution is 2.43. The van der Waals surface area contributed by atoms with Gasteiger partial charge < -0.3 is 15.0 Å².